The zero-order valence-corrected chi connectivity index (χ0v) is 10.4. The molecule has 4 heteroatoms. The van der Waals surface area contributed by atoms with E-state index < -0.39 is 0 Å². The first-order chi connectivity index (χ1) is 6.57. The number of esters is 1. The van der Waals surface area contributed by atoms with Gasteiger partial charge in [0.1, 0.15) is 4.83 Å². The number of methoxy groups -OCH3 is 1. The van der Waals surface area contributed by atoms with Crippen LogP contribution < -0.4 is 5.32 Å². The number of carbonyl (C=O) groups excluding carboxylic acids is 1. The van der Waals surface area contributed by atoms with Crippen molar-refractivity contribution >= 4 is 21.9 Å². The molecule has 0 amide bonds. The van der Waals surface area contributed by atoms with Crippen LogP contribution in [0.15, 0.2) is 0 Å². The molecule has 14 heavy (non-hydrogen) atoms. The fourth-order valence-corrected chi connectivity index (χ4v) is 2.23. The van der Waals surface area contributed by atoms with E-state index in [0.717, 1.165) is 0 Å². The normalized spacial score (nSPS) is 21.9. The van der Waals surface area contributed by atoms with Gasteiger partial charge in [0, 0.05) is 12.1 Å². The summed E-state index contributed by atoms with van der Waals surface area (Å²) in [4.78, 5) is 10.9. The van der Waals surface area contributed by atoms with Gasteiger partial charge in [-0.2, -0.15) is 0 Å². The van der Waals surface area contributed by atoms with E-state index >= 15 is 0 Å². The first-order valence-electron chi connectivity index (χ1n) is 5.04. The third-order valence-corrected chi connectivity index (χ3v) is 3.57. The Morgan fingerprint density at radius 3 is 2.64 bits per heavy atom. The average Bonchev–Trinajstić information content (AvgIpc) is 2.61. The maximum absolute atomic E-state index is 11.1. The lowest BCUT2D eigenvalue weighted by Gasteiger charge is -2.26. The van der Waals surface area contributed by atoms with Crippen molar-refractivity contribution < 1.29 is 9.53 Å². The summed E-state index contributed by atoms with van der Waals surface area (Å²) in [5, 5.41) is 3.43. The molecular formula is C10H18BrNO2. The molecule has 1 fully saturated rings. The minimum atomic E-state index is -0.232. The van der Waals surface area contributed by atoms with Crippen LogP contribution in [-0.2, 0) is 9.53 Å². The summed E-state index contributed by atoms with van der Waals surface area (Å²) in [7, 11) is 1.41. The number of carbonyl (C=O) groups is 1. The first kappa shape index (κ1) is 12.0. The van der Waals surface area contributed by atoms with Crippen LogP contribution in [0, 0.1) is 0 Å². The fraction of sp³-hybridized carbons (Fsp3) is 0.900. The van der Waals surface area contributed by atoms with Crippen LogP contribution in [0.25, 0.3) is 0 Å². The molecule has 1 N–H and O–H groups in total. The van der Waals surface area contributed by atoms with Crippen LogP contribution in [0.1, 0.15) is 32.6 Å². The summed E-state index contributed by atoms with van der Waals surface area (Å²) >= 11 is 3.30. The summed E-state index contributed by atoms with van der Waals surface area (Å²) < 4.78 is 4.63. The lowest BCUT2D eigenvalue weighted by molar-refractivity contribution is -0.139. The Morgan fingerprint density at radius 2 is 2.14 bits per heavy atom. The lowest BCUT2D eigenvalue weighted by atomic mass is 10.0. The van der Waals surface area contributed by atoms with Crippen molar-refractivity contribution in [3.63, 3.8) is 0 Å². The van der Waals surface area contributed by atoms with Crippen molar-refractivity contribution in [2.75, 3.05) is 13.7 Å². The molecule has 1 saturated carbocycles. The van der Waals surface area contributed by atoms with Gasteiger partial charge >= 0.3 is 5.97 Å². The number of nitrogens with one attached hydrogen (secondary N) is 1. The third-order valence-electron chi connectivity index (χ3n) is 2.87. The molecule has 0 radical (unpaired) electrons. The Bertz CT molecular complexity index is 202. The van der Waals surface area contributed by atoms with E-state index in [9.17, 15) is 4.79 Å². The lowest BCUT2D eigenvalue weighted by Crippen LogP contribution is -2.44. The average molecular weight is 264 g/mol. The fourth-order valence-electron chi connectivity index (χ4n) is 1.88. The van der Waals surface area contributed by atoms with Crippen molar-refractivity contribution in [1.82, 2.24) is 5.32 Å². The van der Waals surface area contributed by atoms with Crippen molar-refractivity contribution in [3.8, 4) is 0 Å². The summed E-state index contributed by atoms with van der Waals surface area (Å²) in [6, 6.07) is 0. The van der Waals surface area contributed by atoms with Crippen LogP contribution in [0.2, 0.25) is 0 Å². The number of halogens is 1. The van der Waals surface area contributed by atoms with Gasteiger partial charge in [-0.25, -0.2) is 0 Å². The summed E-state index contributed by atoms with van der Waals surface area (Å²) in [5.74, 6) is -0.209. The van der Waals surface area contributed by atoms with Gasteiger partial charge in [0.15, 0.2) is 0 Å². The number of rotatable bonds is 4. The van der Waals surface area contributed by atoms with Gasteiger partial charge in [-0.05, 0) is 19.8 Å². The molecule has 82 valence electrons. The van der Waals surface area contributed by atoms with Crippen LogP contribution in [0.3, 0.4) is 0 Å². The van der Waals surface area contributed by atoms with Crippen LogP contribution in [0.5, 0.6) is 0 Å². The predicted octanol–water partition coefficient (Wildman–Crippen LogP) is 1.85. The standard InChI is InChI=1S/C10H18BrNO2/c1-10(5-3-4-6-10)12-7-8(11)9(13)14-2/h8,12H,3-7H2,1-2H3. The molecule has 0 spiro atoms. The SMILES string of the molecule is COC(=O)C(Br)CNC1(C)CCCC1. The Balaban J connectivity index is 2.28. The molecule has 1 rings (SSSR count). The maximum atomic E-state index is 11.1. The molecule has 1 aliphatic carbocycles. The smallest absolute Gasteiger partial charge is 0.320 e. The van der Waals surface area contributed by atoms with Crippen molar-refractivity contribution in [1.29, 1.82) is 0 Å². The highest BCUT2D eigenvalue weighted by atomic mass is 79.9. The second kappa shape index (κ2) is 5.12. The van der Waals surface area contributed by atoms with E-state index in [-0.39, 0.29) is 16.3 Å². The largest absolute Gasteiger partial charge is 0.468 e. The zero-order valence-electron chi connectivity index (χ0n) is 8.81. The first-order valence-corrected chi connectivity index (χ1v) is 5.96. The quantitative estimate of drug-likeness (QED) is 0.622. The van der Waals surface area contributed by atoms with Crippen molar-refractivity contribution in [2.24, 2.45) is 0 Å². The summed E-state index contributed by atoms with van der Waals surface area (Å²) in [5.41, 5.74) is 0.222. The molecule has 3 nitrogen and oxygen atoms in total. The topological polar surface area (TPSA) is 38.3 Å². The Kier molecular flexibility index (Phi) is 4.38. The van der Waals surface area contributed by atoms with Gasteiger partial charge in [-0.3, -0.25) is 4.79 Å². The molecule has 0 saturated heterocycles. The molecule has 0 aromatic rings. The van der Waals surface area contributed by atoms with E-state index in [1.807, 2.05) is 0 Å². The highest BCUT2D eigenvalue weighted by molar-refractivity contribution is 9.10. The van der Waals surface area contributed by atoms with Gasteiger partial charge < -0.3 is 10.1 Å². The monoisotopic (exact) mass is 263 g/mol. The van der Waals surface area contributed by atoms with Crippen LogP contribution >= 0.6 is 15.9 Å². The number of alkyl halides is 1. The van der Waals surface area contributed by atoms with E-state index in [1.54, 1.807) is 0 Å². The predicted molar refractivity (Wildman–Crippen MR) is 59.6 cm³/mol. The van der Waals surface area contributed by atoms with Gasteiger partial charge in [0.25, 0.3) is 0 Å². The minimum absolute atomic E-state index is 0.209. The molecule has 0 aliphatic heterocycles. The molecule has 1 atom stereocenters. The second-order valence-electron chi connectivity index (χ2n) is 4.14. The van der Waals surface area contributed by atoms with Crippen molar-refractivity contribution in [3.05, 3.63) is 0 Å². The van der Waals surface area contributed by atoms with Gasteiger partial charge in [0.05, 0.1) is 7.11 Å². The maximum Gasteiger partial charge on any atom is 0.320 e. The third kappa shape index (κ3) is 3.24. The molecule has 1 unspecified atom stereocenters. The van der Waals surface area contributed by atoms with Gasteiger partial charge in [-0.1, -0.05) is 28.8 Å². The van der Waals surface area contributed by atoms with E-state index in [2.05, 4.69) is 32.9 Å². The minimum Gasteiger partial charge on any atom is -0.468 e. The van der Waals surface area contributed by atoms with Crippen molar-refractivity contribution in [2.45, 2.75) is 43.0 Å². The second-order valence-corrected chi connectivity index (χ2v) is 5.24. The number of hydrogen-bond donors (Lipinski definition) is 1. The number of hydrogen-bond acceptors (Lipinski definition) is 3. The molecule has 0 bridgehead atoms. The van der Waals surface area contributed by atoms with Crippen LogP contribution in [0.4, 0.5) is 0 Å². The molecule has 0 aromatic heterocycles. The number of ether oxygens (including phenoxy) is 1. The molecule has 1 aliphatic rings. The van der Waals surface area contributed by atoms with Crippen LogP contribution in [-0.4, -0.2) is 30.0 Å². The highest BCUT2D eigenvalue weighted by Crippen LogP contribution is 2.28. The summed E-state index contributed by atoms with van der Waals surface area (Å²) in [6.07, 6.45) is 4.98. The Hall–Kier alpha value is -0.0900. The van der Waals surface area contributed by atoms with Gasteiger partial charge in [0.2, 0.25) is 0 Å². The molecular weight excluding hydrogens is 246 g/mol. The Morgan fingerprint density at radius 1 is 1.57 bits per heavy atom. The summed E-state index contributed by atoms with van der Waals surface area (Å²) in [6.45, 7) is 2.86. The highest BCUT2D eigenvalue weighted by Gasteiger charge is 2.29. The van der Waals surface area contributed by atoms with E-state index in [1.165, 1.54) is 32.8 Å². The van der Waals surface area contributed by atoms with E-state index in [0.29, 0.717) is 6.54 Å². The Labute approximate surface area is 93.7 Å². The molecule has 0 aromatic carbocycles. The van der Waals surface area contributed by atoms with Gasteiger partial charge in [-0.15, -0.1) is 0 Å². The van der Waals surface area contributed by atoms with E-state index in [4.69, 9.17) is 0 Å². The molecule has 0 heterocycles. The zero-order chi connectivity index (χ0) is 10.6.